The van der Waals surface area contributed by atoms with Gasteiger partial charge in [-0.25, -0.2) is 0 Å². The molecule has 0 radical (unpaired) electrons. The molecule has 0 aliphatic rings. The average Bonchev–Trinajstić information content (AvgIpc) is 2.20. The van der Waals surface area contributed by atoms with Gasteiger partial charge in [-0.1, -0.05) is 24.3 Å². The van der Waals surface area contributed by atoms with Crippen LogP contribution < -0.4 is 10.5 Å². The Morgan fingerprint density at radius 3 is 2.73 bits per heavy atom. The summed E-state index contributed by atoms with van der Waals surface area (Å²) in [6.07, 6.45) is 3.96. The second kappa shape index (κ2) is 5.56. The van der Waals surface area contributed by atoms with E-state index in [1.165, 1.54) is 0 Å². The van der Waals surface area contributed by atoms with Crippen LogP contribution in [0, 0.1) is 6.92 Å². The van der Waals surface area contributed by atoms with Crippen molar-refractivity contribution in [2.45, 2.75) is 26.8 Å². The summed E-state index contributed by atoms with van der Waals surface area (Å²) in [7, 11) is 0. The molecule has 15 heavy (non-hydrogen) atoms. The van der Waals surface area contributed by atoms with Crippen molar-refractivity contribution in [2.24, 2.45) is 5.73 Å². The van der Waals surface area contributed by atoms with Crippen LogP contribution in [0.4, 0.5) is 0 Å². The zero-order chi connectivity index (χ0) is 11.3. The molecule has 0 amide bonds. The monoisotopic (exact) mass is 205 g/mol. The Hall–Kier alpha value is -1.28. The second-order valence-corrected chi connectivity index (χ2v) is 3.69. The molecule has 0 fully saturated rings. The van der Waals surface area contributed by atoms with Crippen molar-refractivity contribution in [3.8, 4) is 5.75 Å². The summed E-state index contributed by atoms with van der Waals surface area (Å²) < 4.78 is 5.58. The molecule has 1 rings (SSSR count). The maximum Gasteiger partial charge on any atom is 0.122 e. The SMILES string of the molecule is C/C=C/COc1ccc([C@H](C)N)cc1C. The summed E-state index contributed by atoms with van der Waals surface area (Å²) in [4.78, 5) is 0. The zero-order valence-electron chi connectivity index (χ0n) is 9.66. The Morgan fingerprint density at radius 1 is 1.47 bits per heavy atom. The van der Waals surface area contributed by atoms with Gasteiger partial charge < -0.3 is 10.5 Å². The number of allylic oxidation sites excluding steroid dienone is 1. The van der Waals surface area contributed by atoms with Crippen molar-refractivity contribution < 1.29 is 4.74 Å². The van der Waals surface area contributed by atoms with E-state index in [1.807, 2.05) is 45.1 Å². The van der Waals surface area contributed by atoms with Gasteiger partial charge in [0.05, 0.1) is 0 Å². The van der Waals surface area contributed by atoms with E-state index in [2.05, 4.69) is 6.07 Å². The highest BCUT2D eigenvalue weighted by Crippen LogP contribution is 2.21. The van der Waals surface area contributed by atoms with E-state index in [0.717, 1.165) is 16.9 Å². The minimum atomic E-state index is 0.0771. The van der Waals surface area contributed by atoms with Crippen LogP contribution in [-0.2, 0) is 0 Å². The third-order valence-electron chi connectivity index (χ3n) is 2.30. The second-order valence-electron chi connectivity index (χ2n) is 3.69. The van der Waals surface area contributed by atoms with E-state index in [1.54, 1.807) is 0 Å². The zero-order valence-corrected chi connectivity index (χ0v) is 9.66. The first-order valence-corrected chi connectivity index (χ1v) is 5.25. The van der Waals surface area contributed by atoms with Crippen molar-refractivity contribution in [3.63, 3.8) is 0 Å². The molecule has 0 saturated heterocycles. The summed E-state index contributed by atoms with van der Waals surface area (Å²) in [6, 6.07) is 6.16. The highest BCUT2D eigenvalue weighted by molar-refractivity contribution is 5.37. The topological polar surface area (TPSA) is 35.2 Å². The predicted molar refractivity (Wildman–Crippen MR) is 64.1 cm³/mol. The molecular weight excluding hydrogens is 186 g/mol. The van der Waals surface area contributed by atoms with E-state index in [9.17, 15) is 0 Å². The normalized spacial score (nSPS) is 13.1. The molecule has 0 aliphatic carbocycles. The third kappa shape index (κ3) is 3.40. The smallest absolute Gasteiger partial charge is 0.122 e. The molecule has 1 atom stereocenters. The minimum Gasteiger partial charge on any atom is -0.489 e. The summed E-state index contributed by atoms with van der Waals surface area (Å²) in [5, 5.41) is 0. The van der Waals surface area contributed by atoms with Crippen LogP contribution in [-0.4, -0.2) is 6.61 Å². The van der Waals surface area contributed by atoms with Crippen LogP contribution >= 0.6 is 0 Å². The van der Waals surface area contributed by atoms with Crippen molar-refractivity contribution in [2.75, 3.05) is 6.61 Å². The fraction of sp³-hybridized carbons (Fsp3) is 0.385. The summed E-state index contributed by atoms with van der Waals surface area (Å²) in [5.41, 5.74) is 8.08. The first-order valence-electron chi connectivity index (χ1n) is 5.25. The number of hydrogen-bond donors (Lipinski definition) is 1. The van der Waals surface area contributed by atoms with Crippen LogP contribution in [0.15, 0.2) is 30.4 Å². The lowest BCUT2D eigenvalue weighted by molar-refractivity contribution is 0.360. The van der Waals surface area contributed by atoms with Gasteiger partial charge >= 0.3 is 0 Å². The van der Waals surface area contributed by atoms with Gasteiger partial charge in [-0.15, -0.1) is 0 Å². The number of ether oxygens (including phenoxy) is 1. The first kappa shape index (κ1) is 11.8. The van der Waals surface area contributed by atoms with Gasteiger partial charge in [-0.2, -0.15) is 0 Å². The standard InChI is InChI=1S/C13H19NO/c1-4-5-8-15-13-7-6-12(11(3)14)9-10(13)2/h4-7,9,11H,8,14H2,1-3H3/b5-4+/t11-/m0/s1. The molecule has 0 spiro atoms. The van der Waals surface area contributed by atoms with Gasteiger partial charge in [0.1, 0.15) is 12.4 Å². The van der Waals surface area contributed by atoms with Gasteiger partial charge in [-0.3, -0.25) is 0 Å². The maximum absolute atomic E-state index is 5.80. The van der Waals surface area contributed by atoms with Crippen molar-refractivity contribution in [3.05, 3.63) is 41.5 Å². The van der Waals surface area contributed by atoms with Gasteiger partial charge in [0, 0.05) is 6.04 Å². The van der Waals surface area contributed by atoms with Crippen molar-refractivity contribution in [1.82, 2.24) is 0 Å². The molecular formula is C13H19NO. The molecule has 0 aliphatic heterocycles. The van der Waals surface area contributed by atoms with Gasteiger partial charge in [-0.05, 0) is 38.0 Å². The van der Waals surface area contributed by atoms with E-state index in [4.69, 9.17) is 10.5 Å². The molecule has 0 unspecified atom stereocenters. The van der Waals surface area contributed by atoms with Crippen LogP contribution in [0.25, 0.3) is 0 Å². The molecule has 82 valence electrons. The molecule has 0 aromatic heterocycles. The van der Waals surface area contributed by atoms with E-state index in [0.29, 0.717) is 6.61 Å². The lowest BCUT2D eigenvalue weighted by atomic mass is 10.1. The lowest BCUT2D eigenvalue weighted by Gasteiger charge is -2.11. The summed E-state index contributed by atoms with van der Waals surface area (Å²) in [5.74, 6) is 0.928. The molecule has 0 saturated carbocycles. The van der Waals surface area contributed by atoms with E-state index < -0.39 is 0 Å². The Bertz CT molecular complexity index is 342. The quantitative estimate of drug-likeness (QED) is 0.767. The molecule has 2 N–H and O–H groups in total. The summed E-state index contributed by atoms with van der Waals surface area (Å²) in [6.45, 7) is 6.62. The highest BCUT2D eigenvalue weighted by Gasteiger charge is 2.03. The van der Waals surface area contributed by atoms with Crippen LogP contribution in [0.3, 0.4) is 0 Å². The lowest BCUT2D eigenvalue weighted by Crippen LogP contribution is -2.05. The van der Waals surface area contributed by atoms with Crippen molar-refractivity contribution >= 4 is 0 Å². The fourth-order valence-corrected chi connectivity index (χ4v) is 1.35. The third-order valence-corrected chi connectivity index (χ3v) is 2.30. The fourth-order valence-electron chi connectivity index (χ4n) is 1.35. The number of rotatable bonds is 4. The molecule has 2 heteroatoms. The van der Waals surface area contributed by atoms with Crippen LogP contribution in [0.2, 0.25) is 0 Å². The van der Waals surface area contributed by atoms with Gasteiger partial charge in [0.2, 0.25) is 0 Å². The largest absolute Gasteiger partial charge is 0.489 e. The van der Waals surface area contributed by atoms with Gasteiger partial charge in [0.25, 0.3) is 0 Å². The summed E-state index contributed by atoms with van der Waals surface area (Å²) >= 11 is 0. The maximum atomic E-state index is 5.80. The number of benzene rings is 1. The first-order chi connectivity index (χ1) is 7.15. The molecule has 2 nitrogen and oxygen atoms in total. The Kier molecular flexibility index (Phi) is 4.37. The number of aryl methyl sites for hydroxylation is 1. The van der Waals surface area contributed by atoms with Gasteiger partial charge in [0.15, 0.2) is 0 Å². The Labute approximate surface area is 91.7 Å². The van der Waals surface area contributed by atoms with E-state index in [-0.39, 0.29) is 6.04 Å². The Balaban J connectivity index is 2.74. The Morgan fingerprint density at radius 2 is 2.20 bits per heavy atom. The molecule has 1 aromatic carbocycles. The molecule has 1 aromatic rings. The highest BCUT2D eigenvalue weighted by atomic mass is 16.5. The number of hydrogen-bond acceptors (Lipinski definition) is 2. The average molecular weight is 205 g/mol. The predicted octanol–water partition coefficient (Wildman–Crippen LogP) is 2.97. The van der Waals surface area contributed by atoms with Crippen molar-refractivity contribution in [1.29, 1.82) is 0 Å². The van der Waals surface area contributed by atoms with Crippen LogP contribution in [0.5, 0.6) is 5.75 Å². The number of nitrogens with two attached hydrogens (primary N) is 1. The molecule has 0 bridgehead atoms. The van der Waals surface area contributed by atoms with E-state index >= 15 is 0 Å². The molecule has 0 heterocycles. The minimum absolute atomic E-state index is 0.0771. The van der Waals surface area contributed by atoms with Crippen LogP contribution in [0.1, 0.15) is 31.0 Å².